The molecule has 2 N–H and O–H groups in total. The lowest BCUT2D eigenvalue weighted by Crippen LogP contribution is -2.45. The molecule has 0 spiro atoms. The summed E-state index contributed by atoms with van der Waals surface area (Å²) in [6, 6.07) is 18.7. The Morgan fingerprint density at radius 1 is 1.07 bits per heavy atom. The van der Waals surface area contributed by atoms with Crippen LogP contribution in [0.4, 0.5) is 10.5 Å². The van der Waals surface area contributed by atoms with E-state index in [1.54, 1.807) is 12.1 Å². The van der Waals surface area contributed by atoms with Crippen molar-refractivity contribution in [3.05, 3.63) is 60.2 Å². The summed E-state index contributed by atoms with van der Waals surface area (Å²) in [6.45, 7) is 1.17. The topological polar surface area (TPSA) is 92.6 Å². The van der Waals surface area contributed by atoms with Gasteiger partial charge in [-0.1, -0.05) is 30.3 Å². The Kier molecular flexibility index (Phi) is 5.42. The number of fused-ring (bicyclic) bond motifs is 1. The highest BCUT2D eigenvalue weighted by molar-refractivity contribution is 5.89. The Morgan fingerprint density at radius 2 is 1.82 bits per heavy atom. The Morgan fingerprint density at radius 3 is 2.57 bits per heavy atom. The molecule has 0 bridgehead atoms. The smallest absolute Gasteiger partial charge is 0.319 e. The maximum absolute atomic E-state index is 12.3. The summed E-state index contributed by atoms with van der Waals surface area (Å²) in [5.41, 5.74) is 1.75. The number of hydrogen-bond donors (Lipinski definition) is 2. The molecular formula is C21H21N3O4. The zero-order valence-electron chi connectivity index (χ0n) is 15.2. The van der Waals surface area contributed by atoms with Crippen LogP contribution in [0.15, 0.2) is 54.6 Å². The number of anilines is 1. The lowest BCUT2D eigenvalue weighted by Gasteiger charge is -2.18. The van der Waals surface area contributed by atoms with E-state index in [2.05, 4.69) is 16.7 Å². The maximum Gasteiger partial charge on any atom is 0.319 e. The number of nitrogens with zero attached hydrogens (tertiary/aromatic N) is 1. The first-order valence-electron chi connectivity index (χ1n) is 9.20. The van der Waals surface area contributed by atoms with Crippen LogP contribution in [-0.2, 0) is 16.1 Å². The fourth-order valence-corrected chi connectivity index (χ4v) is 3.44. The van der Waals surface area contributed by atoms with Crippen LogP contribution in [-0.4, -0.2) is 37.5 Å². The van der Waals surface area contributed by atoms with Gasteiger partial charge >= 0.3 is 6.03 Å². The van der Waals surface area contributed by atoms with Gasteiger partial charge in [-0.15, -0.1) is 0 Å². The summed E-state index contributed by atoms with van der Waals surface area (Å²) in [5.74, 6) is 0.451. The van der Waals surface area contributed by atoms with Gasteiger partial charge in [0, 0.05) is 5.69 Å². The van der Waals surface area contributed by atoms with E-state index in [1.807, 2.05) is 42.5 Å². The van der Waals surface area contributed by atoms with E-state index in [9.17, 15) is 4.79 Å². The lowest BCUT2D eigenvalue weighted by atomic mass is 10.0. The Hall–Kier alpha value is -3.08. The number of carbonyl (C=O) groups is 1. The van der Waals surface area contributed by atoms with E-state index in [0.717, 1.165) is 11.3 Å². The minimum atomic E-state index is -0.337. The van der Waals surface area contributed by atoms with Crippen molar-refractivity contribution in [3.63, 3.8) is 0 Å². The molecular weight excluding hydrogens is 358 g/mol. The average Bonchev–Trinajstić information content (AvgIpc) is 3.31. The fraction of sp³-hybridized carbons (Fsp3) is 0.333. The number of amides is 2. The Labute approximate surface area is 163 Å². The van der Waals surface area contributed by atoms with Crippen molar-refractivity contribution < 1.29 is 19.0 Å². The van der Waals surface area contributed by atoms with Crippen molar-refractivity contribution in [1.29, 1.82) is 5.26 Å². The maximum atomic E-state index is 12.3. The van der Waals surface area contributed by atoms with Gasteiger partial charge in [0.1, 0.15) is 24.6 Å². The number of ether oxygens (including phenoxy) is 3. The molecule has 144 valence electrons. The van der Waals surface area contributed by atoms with Crippen molar-refractivity contribution in [2.24, 2.45) is 5.92 Å². The standard InChI is InChI=1S/C21H21N3O4/c22-10-15-12-27-20-18(13-28-19(15)20)24-21(25)23-16-6-8-17(9-7-16)26-11-14-4-2-1-3-5-14/h1-9,15,18-20H,11-13H2,(H2,23,24,25)/t15-,18+,19+,20-/m0/s1. The zero-order valence-corrected chi connectivity index (χ0v) is 15.2. The predicted molar refractivity (Wildman–Crippen MR) is 102 cm³/mol. The Bertz CT molecular complexity index is 850. The van der Waals surface area contributed by atoms with Crippen LogP contribution in [0.3, 0.4) is 0 Å². The molecule has 2 aliphatic rings. The number of hydrogen-bond acceptors (Lipinski definition) is 5. The van der Waals surface area contributed by atoms with Crippen LogP contribution < -0.4 is 15.4 Å². The highest BCUT2D eigenvalue weighted by Gasteiger charge is 2.48. The molecule has 0 aliphatic carbocycles. The van der Waals surface area contributed by atoms with Gasteiger partial charge < -0.3 is 24.8 Å². The van der Waals surface area contributed by atoms with Gasteiger partial charge in [0.05, 0.1) is 31.2 Å². The van der Waals surface area contributed by atoms with Crippen molar-refractivity contribution in [1.82, 2.24) is 5.32 Å². The first kappa shape index (κ1) is 18.3. The highest BCUT2D eigenvalue weighted by Crippen LogP contribution is 2.30. The van der Waals surface area contributed by atoms with Crippen molar-refractivity contribution in [3.8, 4) is 11.8 Å². The molecule has 2 heterocycles. The van der Waals surface area contributed by atoms with Crippen molar-refractivity contribution in [2.75, 3.05) is 18.5 Å². The summed E-state index contributed by atoms with van der Waals surface area (Å²) >= 11 is 0. The van der Waals surface area contributed by atoms with Gasteiger partial charge in [-0.25, -0.2) is 4.79 Å². The average molecular weight is 379 g/mol. The van der Waals surface area contributed by atoms with Gasteiger partial charge in [0.2, 0.25) is 0 Å². The molecule has 2 aliphatic heterocycles. The third-order valence-electron chi connectivity index (χ3n) is 4.90. The van der Waals surface area contributed by atoms with Gasteiger partial charge in [0.25, 0.3) is 0 Å². The van der Waals surface area contributed by atoms with Crippen LogP contribution in [0.1, 0.15) is 5.56 Å². The number of carbonyl (C=O) groups excluding carboxylic acids is 1. The normalized spacial score (nSPS) is 25.5. The van der Waals surface area contributed by atoms with Crippen LogP contribution in [0.2, 0.25) is 0 Å². The second-order valence-corrected chi connectivity index (χ2v) is 6.84. The van der Waals surface area contributed by atoms with Gasteiger partial charge in [0.15, 0.2) is 0 Å². The van der Waals surface area contributed by atoms with Crippen LogP contribution in [0.25, 0.3) is 0 Å². The summed E-state index contributed by atoms with van der Waals surface area (Å²) in [5, 5.41) is 14.7. The fourth-order valence-electron chi connectivity index (χ4n) is 3.44. The van der Waals surface area contributed by atoms with Gasteiger partial charge in [-0.3, -0.25) is 0 Å². The second kappa shape index (κ2) is 8.30. The number of urea groups is 1. The molecule has 2 aromatic rings. The van der Waals surface area contributed by atoms with E-state index in [4.69, 9.17) is 19.5 Å². The summed E-state index contributed by atoms with van der Waals surface area (Å²) in [7, 11) is 0. The minimum absolute atomic E-state index is 0.267. The van der Waals surface area contributed by atoms with Crippen molar-refractivity contribution in [2.45, 2.75) is 24.9 Å². The first-order chi connectivity index (χ1) is 13.7. The third kappa shape index (κ3) is 4.09. The quantitative estimate of drug-likeness (QED) is 0.833. The minimum Gasteiger partial charge on any atom is -0.489 e. The molecule has 0 saturated carbocycles. The second-order valence-electron chi connectivity index (χ2n) is 6.84. The number of nitrogens with one attached hydrogen (secondary N) is 2. The Balaban J connectivity index is 1.26. The molecule has 2 amide bonds. The molecule has 4 rings (SSSR count). The number of nitriles is 1. The molecule has 0 unspecified atom stereocenters. The molecule has 4 atom stereocenters. The molecule has 2 fully saturated rings. The summed E-state index contributed by atoms with van der Waals surface area (Å²) in [4.78, 5) is 12.3. The van der Waals surface area contributed by atoms with Crippen LogP contribution in [0.5, 0.6) is 5.75 Å². The molecule has 7 nitrogen and oxygen atoms in total. The van der Waals surface area contributed by atoms with Crippen LogP contribution in [0, 0.1) is 17.2 Å². The zero-order chi connectivity index (χ0) is 19.3. The first-order valence-corrected chi connectivity index (χ1v) is 9.20. The molecule has 28 heavy (non-hydrogen) atoms. The predicted octanol–water partition coefficient (Wildman–Crippen LogP) is 2.69. The third-order valence-corrected chi connectivity index (χ3v) is 4.90. The number of benzene rings is 2. The van der Waals surface area contributed by atoms with Gasteiger partial charge in [-0.05, 0) is 29.8 Å². The summed E-state index contributed by atoms with van der Waals surface area (Å²) in [6.07, 6.45) is -0.541. The molecule has 2 saturated heterocycles. The molecule has 0 radical (unpaired) electrons. The summed E-state index contributed by atoms with van der Waals surface area (Å²) < 4.78 is 17.0. The van der Waals surface area contributed by atoms with E-state index in [-0.39, 0.29) is 30.2 Å². The van der Waals surface area contributed by atoms with Gasteiger partial charge in [-0.2, -0.15) is 5.26 Å². The highest BCUT2D eigenvalue weighted by atomic mass is 16.6. The van der Waals surface area contributed by atoms with E-state index in [0.29, 0.717) is 25.5 Å². The largest absolute Gasteiger partial charge is 0.489 e. The van der Waals surface area contributed by atoms with Crippen molar-refractivity contribution >= 4 is 11.7 Å². The molecule has 2 aromatic carbocycles. The van der Waals surface area contributed by atoms with E-state index in [1.165, 1.54) is 0 Å². The monoisotopic (exact) mass is 379 g/mol. The van der Waals surface area contributed by atoms with E-state index >= 15 is 0 Å². The molecule has 0 aromatic heterocycles. The van der Waals surface area contributed by atoms with E-state index < -0.39 is 0 Å². The SMILES string of the molecule is N#C[C@H]1CO[C@@H]2[C@@H]1OC[C@H]2NC(=O)Nc1ccc(OCc2ccccc2)cc1. The lowest BCUT2D eigenvalue weighted by molar-refractivity contribution is 0.0665. The molecule has 7 heteroatoms. The number of rotatable bonds is 5. The van der Waals surface area contributed by atoms with Crippen LogP contribution >= 0.6 is 0 Å².